The van der Waals surface area contributed by atoms with Gasteiger partial charge >= 0.3 is 0 Å². The molecule has 13 aliphatic carbocycles. The Morgan fingerprint density at radius 2 is 0.700 bits per heavy atom. The molecule has 0 amide bonds. The Balaban J connectivity index is 0. The Bertz CT molecular complexity index is 1480. The lowest BCUT2D eigenvalue weighted by atomic mass is 9.72. The molecule has 0 heterocycles. The first-order valence-electron chi connectivity index (χ1n) is 41.3. The fraction of sp³-hybridized carbons (Fsp3) is 1.00. The van der Waals surface area contributed by atoms with E-state index < -0.39 is 0 Å². The molecule has 0 radical (unpaired) electrons. The van der Waals surface area contributed by atoms with E-state index in [9.17, 15) is 0 Å². The lowest BCUT2D eigenvalue weighted by Gasteiger charge is -2.33. The lowest BCUT2D eigenvalue weighted by molar-refractivity contribution is 0.190. The average Bonchev–Trinajstić information content (AvgIpc) is 1.56. The van der Waals surface area contributed by atoms with Crippen LogP contribution in [0, 0.1) is 132 Å². The summed E-state index contributed by atoms with van der Waals surface area (Å²) in [5.41, 5.74) is 5.76. The second kappa shape index (κ2) is 44.1. The number of hydrogen-bond donors (Lipinski definition) is 0. The normalized spacial score (nSPS) is 30.1. The summed E-state index contributed by atoms with van der Waals surface area (Å²) in [6, 6.07) is 0. The largest absolute Gasteiger partial charge is 0.0654 e. The molecule has 13 aliphatic rings. The van der Waals surface area contributed by atoms with E-state index >= 15 is 0 Å². The van der Waals surface area contributed by atoms with Crippen LogP contribution in [0.5, 0.6) is 0 Å². The maximum atomic E-state index is 2.37. The summed E-state index contributed by atoms with van der Waals surface area (Å²) in [5.74, 6) is 15.8. The van der Waals surface area contributed by atoms with E-state index in [0.29, 0.717) is 21.7 Å². The van der Waals surface area contributed by atoms with Crippen molar-refractivity contribution in [1.29, 1.82) is 0 Å². The highest BCUT2D eigenvalue weighted by molar-refractivity contribution is 5.10. The molecule has 90 heavy (non-hydrogen) atoms. The van der Waals surface area contributed by atoms with Crippen molar-refractivity contribution in [3.8, 4) is 0 Å². The second-order valence-electron chi connectivity index (χ2n) is 39.6. The average molecular weight is 1270 g/mol. The highest BCUT2D eigenvalue weighted by Crippen LogP contribution is 2.70. The second-order valence-corrected chi connectivity index (χ2v) is 39.6. The molecular weight excluding hydrogens is 1080 g/mol. The van der Waals surface area contributed by atoms with Gasteiger partial charge in [-0.05, 0) is 228 Å². The number of rotatable bonds is 10. The summed E-state index contributed by atoms with van der Waals surface area (Å²) >= 11 is 0. The van der Waals surface area contributed by atoms with Crippen molar-refractivity contribution >= 4 is 0 Å². The van der Waals surface area contributed by atoms with Crippen LogP contribution in [-0.4, -0.2) is 0 Å². The summed E-state index contributed by atoms with van der Waals surface area (Å²) < 4.78 is 0. The molecule has 0 aliphatic heterocycles. The topological polar surface area (TPSA) is 0 Å². The summed E-state index contributed by atoms with van der Waals surface area (Å²) in [7, 11) is 0. The SMILES string of the molecule is CC(C)C1CC1.CC1(C)CCC1.CC1C(C)C1C.CC1CC1(C)C.CCC(C)(C)C.CCC(C)(C)C.CCC(C)CC.CCC1(C)CC1.CCC1(C)CC1.CCC1CC1C.CCC1CCC1.CCC1C[C@@H]1C.CCCC1CC1.C[C@H]1CC1(C)C.C[C@H]1CC12CC2. The Morgan fingerprint density at radius 3 is 0.711 bits per heavy atom. The summed E-state index contributed by atoms with van der Waals surface area (Å²) in [4.78, 5) is 0. The van der Waals surface area contributed by atoms with Gasteiger partial charge in [-0.3, -0.25) is 0 Å². The van der Waals surface area contributed by atoms with Gasteiger partial charge in [0, 0.05) is 0 Å². The summed E-state index contributed by atoms with van der Waals surface area (Å²) in [6.07, 6.45) is 46.4. The molecule has 0 saturated heterocycles. The zero-order valence-corrected chi connectivity index (χ0v) is 70.3. The van der Waals surface area contributed by atoms with E-state index in [0.717, 1.165) is 110 Å². The van der Waals surface area contributed by atoms with Crippen LogP contribution < -0.4 is 0 Å². The predicted octanol–water partition coefficient (Wildman–Crippen LogP) is 32.3. The monoisotopic (exact) mass is 1270 g/mol. The van der Waals surface area contributed by atoms with Crippen LogP contribution in [-0.2, 0) is 0 Å². The molecule has 0 nitrogen and oxygen atoms in total. The molecule has 7 atom stereocenters. The minimum Gasteiger partial charge on any atom is -0.0654 e. The van der Waals surface area contributed by atoms with E-state index in [-0.39, 0.29) is 0 Å². The Labute approximate surface area is 576 Å². The highest BCUT2D eigenvalue weighted by atomic mass is 14.6. The van der Waals surface area contributed by atoms with Crippen LogP contribution in [0.4, 0.5) is 0 Å². The van der Waals surface area contributed by atoms with Crippen molar-refractivity contribution in [2.45, 2.75) is 448 Å². The van der Waals surface area contributed by atoms with Crippen molar-refractivity contribution in [1.82, 2.24) is 0 Å². The molecular formula is C90H184. The summed E-state index contributed by atoms with van der Waals surface area (Å²) in [5, 5.41) is 0. The third-order valence-corrected chi connectivity index (χ3v) is 26.3. The Morgan fingerprint density at radius 1 is 0.400 bits per heavy atom. The maximum absolute atomic E-state index is 2.37. The fourth-order valence-electron chi connectivity index (χ4n) is 10.5. The van der Waals surface area contributed by atoms with Gasteiger partial charge in [0.2, 0.25) is 0 Å². The molecule has 0 bridgehead atoms. The first-order chi connectivity index (χ1) is 41.3. The van der Waals surface area contributed by atoms with Gasteiger partial charge in [0.15, 0.2) is 0 Å². The van der Waals surface area contributed by atoms with Gasteiger partial charge in [-0.1, -0.05) is 351 Å². The third-order valence-electron chi connectivity index (χ3n) is 26.3. The van der Waals surface area contributed by atoms with E-state index in [1.54, 1.807) is 19.3 Å². The van der Waals surface area contributed by atoms with E-state index in [2.05, 4.69) is 242 Å². The Hall–Kier alpha value is 0. The molecule has 0 N–H and O–H groups in total. The Kier molecular flexibility index (Phi) is 45.1. The van der Waals surface area contributed by atoms with Crippen LogP contribution in [0.15, 0.2) is 0 Å². The molecule has 544 valence electrons. The fourth-order valence-corrected chi connectivity index (χ4v) is 10.5. The number of hydrogen-bond acceptors (Lipinski definition) is 0. The van der Waals surface area contributed by atoms with Crippen molar-refractivity contribution < 1.29 is 0 Å². The zero-order valence-electron chi connectivity index (χ0n) is 70.3. The van der Waals surface area contributed by atoms with Gasteiger partial charge in [0.1, 0.15) is 0 Å². The maximum Gasteiger partial charge on any atom is -0.0268 e. The molecule has 13 saturated carbocycles. The highest BCUT2D eigenvalue weighted by Gasteiger charge is 2.59. The van der Waals surface area contributed by atoms with Crippen LogP contribution in [0.1, 0.15) is 448 Å². The van der Waals surface area contributed by atoms with Gasteiger partial charge in [-0.2, -0.15) is 0 Å². The molecule has 0 aromatic carbocycles. The quantitative estimate of drug-likeness (QED) is 0.205. The van der Waals surface area contributed by atoms with Crippen molar-refractivity contribution in [2.24, 2.45) is 132 Å². The first kappa shape index (κ1) is 92.1. The smallest absolute Gasteiger partial charge is 0.0268 e. The third kappa shape index (κ3) is 52.2. The van der Waals surface area contributed by atoms with Gasteiger partial charge in [0.05, 0.1) is 0 Å². The minimum absolute atomic E-state index is 0.542. The standard InChI is InChI=1S/C6H10.11C6H12.3C6H14/c1-5-4-6(5)2-3-6;2*1-5-4-6(5,2)3;1-6(2)4-3-5-6;1-5(2)6-3-4-6;1-4-5(2)6(4)3;2*1-3-6(2)4-5-6;2*1-3-6-4-5(6)2;1-2-6-4-3-5-6;1-2-3-6-4-5-6;2*1-5-6(2,3)4;1-4-6(3)5-2/h5H,2-4H2,1H3;2*5H,4H2,1-3H3;3-5H2,1-2H3;5-6H,3-4H2,1-2H3;4-6H,1-3H3;2*3-5H2,1-2H3;2*5-6H,3-4H2,1-2H3;2*6H,2-5H2,1H3;2*5H2,1-4H3;6H,4-5H2,1-3H3/t2*5-;;;;;;;5-,6?;;;;;;/m00......0....../s1. The molecule has 4 unspecified atom stereocenters. The van der Waals surface area contributed by atoms with E-state index in [1.165, 1.54) is 186 Å². The van der Waals surface area contributed by atoms with Gasteiger partial charge in [-0.25, -0.2) is 0 Å². The van der Waals surface area contributed by atoms with E-state index in [4.69, 9.17) is 0 Å². The van der Waals surface area contributed by atoms with Gasteiger partial charge in [0.25, 0.3) is 0 Å². The van der Waals surface area contributed by atoms with Gasteiger partial charge in [-0.15, -0.1) is 0 Å². The van der Waals surface area contributed by atoms with Crippen LogP contribution in [0.2, 0.25) is 0 Å². The molecule has 13 rings (SSSR count). The van der Waals surface area contributed by atoms with Crippen molar-refractivity contribution in [3.63, 3.8) is 0 Å². The van der Waals surface area contributed by atoms with Gasteiger partial charge < -0.3 is 0 Å². The van der Waals surface area contributed by atoms with Crippen LogP contribution in [0.3, 0.4) is 0 Å². The van der Waals surface area contributed by atoms with E-state index in [1.807, 2.05) is 0 Å². The summed E-state index contributed by atoms with van der Waals surface area (Å²) in [6.45, 7) is 80.1. The molecule has 1 spiro atoms. The molecule has 0 aromatic heterocycles. The van der Waals surface area contributed by atoms with Crippen molar-refractivity contribution in [3.05, 3.63) is 0 Å². The predicted molar refractivity (Wildman–Crippen MR) is 418 cm³/mol. The first-order valence-corrected chi connectivity index (χ1v) is 41.3. The zero-order chi connectivity index (χ0) is 70.3. The van der Waals surface area contributed by atoms with Crippen LogP contribution >= 0.6 is 0 Å². The van der Waals surface area contributed by atoms with Crippen LogP contribution in [0.25, 0.3) is 0 Å². The molecule has 0 heteroatoms. The molecule has 0 aromatic rings. The lowest BCUT2D eigenvalue weighted by Crippen LogP contribution is -2.20. The molecule has 13 fully saturated rings. The minimum atomic E-state index is 0.542. The van der Waals surface area contributed by atoms with Crippen molar-refractivity contribution in [2.75, 3.05) is 0 Å².